The van der Waals surface area contributed by atoms with Crippen LogP contribution in [-0.4, -0.2) is 0 Å². The van der Waals surface area contributed by atoms with Crippen molar-refractivity contribution in [2.45, 2.75) is 44.9 Å². The van der Waals surface area contributed by atoms with Crippen molar-refractivity contribution in [1.82, 2.24) is 0 Å². The zero-order valence-electron chi connectivity index (χ0n) is 27.1. The predicted molar refractivity (Wildman–Crippen MR) is 203 cm³/mol. The number of fused-ring (bicyclic) bond motifs is 5. The van der Waals surface area contributed by atoms with E-state index >= 15 is 0 Å². The van der Waals surface area contributed by atoms with Crippen LogP contribution < -0.4 is 5.32 Å². The molecule has 230 valence electrons. The third kappa shape index (κ3) is 4.65. The summed E-state index contributed by atoms with van der Waals surface area (Å²) in [6.07, 6.45) is 14.4. The van der Waals surface area contributed by atoms with Crippen LogP contribution in [0.1, 0.15) is 54.9 Å². The quantitative estimate of drug-likeness (QED) is 0.188. The number of rotatable bonds is 5. The molecule has 0 saturated heterocycles. The molecule has 0 spiro atoms. The van der Waals surface area contributed by atoms with Crippen molar-refractivity contribution in [3.63, 3.8) is 0 Å². The number of anilines is 2. The van der Waals surface area contributed by atoms with Gasteiger partial charge in [0.15, 0.2) is 0 Å². The Balaban J connectivity index is 1.08. The van der Waals surface area contributed by atoms with Gasteiger partial charge in [-0.15, -0.1) is 11.3 Å². The van der Waals surface area contributed by atoms with Crippen LogP contribution in [0.15, 0.2) is 139 Å². The first-order chi connectivity index (χ1) is 23.1. The lowest BCUT2D eigenvalue weighted by Gasteiger charge is -2.43. The lowest BCUT2D eigenvalue weighted by molar-refractivity contribution is 0.335. The average molecular weight is 626 g/mol. The Labute approximate surface area is 282 Å². The van der Waals surface area contributed by atoms with Crippen molar-refractivity contribution in [2.75, 3.05) is 5.32 Å². The molecule has 3 unspecified atom stereocenters. The van der Waals surface area contributed by atoms with Crippen molar-refractivity contribution in [3.05, 3.63) is 161 Å². The molecule has 3 aliphatic carbocycles. The Morgan fingerprint density at radius 3 is 2.38 bits per heavy atom. The number of hydrogen-bond donors (Lipinski definition) is 1. The van der Waals surface area contributed by atoms with Crippen LogP contribution in [0, 0.1) is 18.8 Å². The number of aryl methyl sites for hydroxylation is 1. The van der Waals surface area contributed by atoms with Crippen LogP contribution in [-0.2, 0) is 5.41 Å². The Morgan fingerprint density at radius 1 is 0.745 bits per heavy atom. The highest BCUT2D eigenvalue weighted by atomic mass is 32.1. The summed E-state index contributed by atoms with van der Waals surface area (Å²) in [5.41, 5.74) is 13.3. The fraction of sp³-hybridized carbons (Fsp3) is 0.200. The minimum atomic E-state index is -0.122. The second-order valence-corrected chi connectivity index (χ2v) is 15.0. The summed E-state index contributed by atoms with van der Waals surface area (Å²) in [5, 5.41) is 6.44. The largest absolute Gasteiger partial charge is 0.356 e. The summed E-state index contributed by atoms with van der Waals surface area (Å²) < 4.78 is 2.69. The second kappa shape index (κ2) is 11.2. The number of benzene rings is 5. The highest BCUT2D eigenvalue weighted by Gasteiger charge is 2.50. The molecule has 0 aliphatic heterocycles. The van der Waals surface area contributed by atoms with E-state index in [0.717, 1.165) is 24.2 Å². The van der Waals surface area contributed by atoms with E-state index in [1.54, 1.807) is 5.57 Å². The predicted octanol–water partition coefficient (Wildman–Crippen LogP) is 12.8. The molecule has 1 N–H and O–H groups in total. The van der Waals surface area contributed by atoms with Gasteiger partial charge in [-0.25, -0.2) is 0 Å². The van der Waals surface area contributed by atoms with Crippen LogP contribution >= 0.6 is 11.3 Å². The molecular formula is C45H39NS. The van der Waals surface area contributed by atoms with Crippen LogP contribution in [0.2, 0.25) is 0 Å². The van der Waals surface area contributed by atoms with E-state index in [9.17, 15) is 0 Å². The van der Waals surface area contributed by atoms with Crippen LogP contribution in [0.4, 0.5) is 11.4 Å². The van der Waals surface area contributed by atoms with Gasteiger partial charge in [0, 0.05) is 37.0 Å². The average Bonchev–Trinajstić information content (AvgIpc) is 3.62. The van der Waals surface area contributed by atoms with Crippen molar-refractivity contribution < 1.29 is 0 Å². The zero-order valence-corrected chi connectivity index (χ0v) is 27.9. The summed E-state index contributed by atoms with van der Waals surface area (Å²) in [6, 6.07) is 41.1. The third-order valence-corrected chi connectivity index (χ3v) is 12.0. The smallest absolute Gasteiger partial charge is 0.0488 e. The number of nitrogens with one attached hydrogen (secondary N) is 1. The first kappa shape index (κ1) is 28.6. The van der Waals surface area contributed by atoms with Crippen molar-refractivity contribution >= 4 is 48.5 Å². The van der Waals surface area contributed by atoms with Gasteiger partial charge in [0.2, 0.25) is 0 Å². The van der Waals surface area contributed by atoms with Crippen molar-refractivity contribution in [1.29, 1.82) is 0 Å². The van der Waals surface area contributed by atoms with Crippen LogP contribution in [0.25, 0.3) is 36.9 Å². The fourth-order valence-electron chi connectivity index (χ4n) is 8.68. The Hall–Kier alpha value is -4.66. The van der Waals surface area contributed by atoms with E-state index in [2.05, 4.69) is 153 Å². The van der Waals surface area contributed by atoms with Gasteiger partial charge in [-0.1, -0.05) is 104 Å². The minimum Gasteiger partial charge on any atom is -0.356 e. The highest BCUT2D eigenvalue weighted by Crippen LogP contribution is 2.60. The summed E-state index contributed by atoms with van der Waals surface area (Å²) in [4.78, 5) is 0. The fourth-order valence-corrected chi connectivity index (χ4v) is 9.77. The van der Waals surface area contributed by atoms with Gasteiger partial charge < -0.3 is 5.32 Å². The molecule has 0 bridgehead atoms. The molecule has 9 rings (SSSR count). The van der Waals surface area contributed by atoms with Gasteiger partial charge in [0.25, 0.3) is 0 Å². The summed E-state index contributed by atoms with van der Waals surface area (Å²) >= 11 is 1.87. The molecule has 0 fully saturated rings. The number of allylic oxidation sites excluding steroid dienone is 6. The van der Waals surface area contributed by atoms with Gasteiger partial charge in [-0.05, 0) is 126 Å². The van der Waals surface area contributed by atoms with E-state index in [4.69, 9.17) is 0 Å². The lowest BCUT2D eigenvalue weighted by Crippen LogP contribution is -2.38. The Kier molecular flexibility index (Phi) is 6.83. The van der Waals surface area contributed by atoms with Crippen LogP contribution in [0.5, 0.6) is 0 Å². The summed E-state index contributed by atoms with van der Waals surface area (Å²) in [5.74, 6) is 1.14. The number of thiophene rings is 1. The van der Waals surface area contributed by atoms with E-state index < -0.39 is 0 Å². The van der Waals surface area contributed by atoms with E-state index in [-0.39, 0.29) is 5.41 Å². The van der Waals surface area contributed by atoms with Gasteiger partial charge in [0.05, 0.1) is 0 Å². The molecule has 0 amide bonds. The molecule has 47 heavy (non-hydrogen) atoms. The summed E-state index contributed by atoms with van der Waals surface area (Å²) in [6.45, 7) is 4.62. The topological polar surface area (TPSA) is 12.0 Å². The molecule has 3 atom stereocenters. The first-order valence-corrected chi connectivity index (χ1v) is 18.0. The third-order valence-electron chi connectivity index (χ3n) is 10.9. The number of hydrogen-bond acceptors (Lipinski definition) is 2. The van der Waals surface area contributed by atoms with Crippen LogP contribution in [0.3, 0.4) is 0 Å². The molecule has 5 aromatic carbocycles. The minimum absolute atomic E-state index is 0.122. The lowest BCUT2D eigenvalue weighted by atomic mass is 9.59. The van der Waals surface area contributed by atoms with Gasteiger partial charge in [-0.2, -0.15) is 0 Å². The highest BCUT2D eigenvalue weighted by molar-refractivity contribution is 7.25. The second-order valence-electron chi connectivity index (χ2n) is 13.9. The molecule has 2 heteroatoms. The molecule has 0 saturated carbocycles. The van der Waals surface area contributed by atoms with Gasteiger partial charge >= 0.3 is 0 Å². The maximum absolute atomic E-state index is 3.76. The standard InChI is InChI=1S/C45H39NS/c1-29-14-19-33(20-15-29)45(34-9-7-8-30(2)26-34)41-12-5-3-10-37(41)39-28-36(23-24-42(39)45)46-35-21-16-31(17-22-35)32-18-25-44-40(27-32)38-11-4-6-13-43(38)47-44/h3-4,6-7,9-11,13-25,27-28,30,34,46H,5,8,12,26H2,1-2H3. The Morgan fingerprint density at radius 2 is 1.53 bits per heavy atom. The molecule has 0 radical (unpaired) electrons. The molecule has 1 nitrogen and oxygen atoms in total. The molecular weight excluding hydrogens is 587 g/mol. The normalized spacial score (nSPS) is 21.7. The van der Waals surface area contributed by atoms with Crippen molar-refractivity contribution in [3.8, 4) is 11.1 Å². The first-order valence-electron chi connectivity index (χ1n) is 17.2. The van der Waals surface area contributed by atoms with Crippen molar-refractivity contribution in [2.24, 2.45) is 11.8 Å². The molecule has 1 heterocycles. The molecule has 6 aromatic rings. The van der Waals surface area contributed by atoms with Gasteiger partial charge in [-0.3, -0.25) is 0 Å². The summed E-state index contributed by atoms with van der Waals surface area (Å²) in [7, 11) is 0. The van der Waals surface area contributed by atoms with E-state index in [1.165, 1.54) is 72.0 Å². The van der Waals surface area contributed by atoms with E-state index in [1.807, 2.05) is 11.3 Å². The zero-order chi connectivity index (χ0) is 31.5. The molecule has 3 aliphatic rings. The maximum Gasteiger partial charge on any atom is 0.0488 e. The SMILES string of the molecule is Cc1ccc(C2(C3C=CCC(C)C3)C3=C(C=CCC3)c3cc(Nc4ccc(-c5ccc6sc7ccccc7c6c5)cc4)ccc32)cc1. The van der Waals surface area contributed by atoms with Gasteiger partial charge in [0.1, 0.15) is 0 Å². The Bertz CT molecular complexity index is 2240. The maximum atomic E-state index is 3.76. The monoisotopic (exact) mass is 625 g/mol. The van der Waals surface area contributed by atoms with E-state index in [0.29, 0.717) is 11.8 Å². The molecule has 1 aromatic heterocycles.